The van der Waals surface area contributed by atoms with Crippen LogP contribution in [0.5, 0.6) is 0 Å². The number of rotatable bonds is 7. The summed E-state index contributed by atoms with van der Waals surface area (Å²) in [4.78, 5) is 42.9. The minimum Gasteiger partial charge on any atom is -0.348 e. The van der Waals surface area contributed by atoms with Gasteiger partial charge in [-0.2, -0.15) is 0 Å². The summed E-state index contributed by atoms with van der Waals surface area (Å²) in [5.74, 6) is -0.540. The van der Waals surface area contributed by atoms with Crippen LogP contribution in [0.25, 0.3) is 0 Å². The Labute approximate surface area is 227 Å². The van der Waals surface area contributed by atoms with Gasteiger partial charge in [0.2, 0.25) is 17.7 Å². The predicted octanol–water partition coefficient (Wildman–Crippen LogP) is 4.17. The summed E-state index contributed by atoms with van der Waals surface area (Å²) in [6, 6.07) is 7.90. The largest absolute Gasteiger partial charge is 0.348 e. The van der Waals surface area contributed by atoms with Gasteiger partial charge in [0.25, 0.3) is 0 Å². The van der Waals surface area contributed by atoms with E-state index in [0.29, 0.717) is 12.8 Å². The van der Waals surface area contributed by atoms with Crippen molar-refractivity contribution in [2.24, 2.45) is 5.41 Å². The van der Waals surface area contributed by atoms with E-state index < -0.39 is 23.5 Å². The third-order valence-electron chi connectivity index (χ3n) is 8.33. The minimum absolute atomic E-state index is 0.00915. The molecule has 1 saturated heterocycles. The van der Waals surface area contributed by atoms with Crippen molar-refractivity contribution < 1.29 is 14.4 Å². The average molecular weight is 521 g/mol. The van der Waals surface area contributed by atoms with Crippen LogP contribution in [0.15, 0.2) is 53.6 Å². The molecule has 0 radical (unpaired) electrons. The number of likely N-dealkylation sites (tertiary alicyclic amines) is 1. The Kier molecular flexibility index (Phi) is 8.76. The number of carbonyl (C=O) groups is 3. The molecular formula is C31H44N4O3. The second-order valence-electron chi connectivity index (χ2n) is 12.0. The molecule has 0 saturated carbocycles. The molecule has 4 rings (SSSR count). The first-order chi connectivity index (χ1) is 18.1. The quantitative estimate of drug-likeness (QED) is 0.503. The number of carbonyl (C=O) groups excluding carboxylic acids is 3. The molecule has 0 spiro atoms. The summed E-state index contributed by atoms with van der Waals surface area (Å²) in [7, 11) is 1.72. The van der Waals surface area contributed by atoms with Gasteiger partial charge in [0.1, 0.15) is 12.1 Å². The van der Waals surface area contributed by atoms with Gasteiger partial charge in [0.15, 0.2) is 0 Å². The van der Waals surface area contributed by atoms with Gasteiger partial charge in [0, 0.05) is 0 Å². The zero-order valence-electron chi connectivity index (χ0n) is 23.5. The molecule has 0 aromatic heterocycles. The molecule has 1 fully saturated rings. The fraction of sp³-hybridized carbons (Fsp3) is 0.581. The highest BCUT2D eigenvalue weighted by atomic mass is 16.2. The zero-order valence-corrected chi connectivity index (χ0v) is 23.5. The summed E-state index contributed by atoms with van der Waals surface area (Å²) >= 11 is 0. The molecule has 38 heavy (non-hydrogen) atoms. The first kappa shape index (κ1) is 28.1. The first-order valence-corrected chi connectivity index (χ1v) is 14.2. The SMILES string of the molecule is CN[C@@H](C)C(=O)NC(C(=O)N1[C@H](C(=O)N[C@@H]2CCCC3=C2C=CCC3)CC[C@H]1c1ccccc1)C(C)(C)C. The fourth-order valence-electron chi connectivity index (χ4n) is 6.03. The number of hydrogen-bond acceptors (Lipinski definition) is 4. The molecule has 206 valence electrons. The molecule has 3 amide bonds. The Morgan fingerprint density at radius 3 is 2.45 bits per heavy atom. The van der Waals surface area contributed by atoms with Crippen molar-refractivity contribution in [1.29, 1.82) is 0 Å². The van der Waals surface area contributed by atoms with Gasteiger partial charge >= 0.3 is 0 Å². The molecule has 1 aliphatic heterocycles. The van der Waals surface area contributed by atoms with E-state index in [0.717, 1.165) is 37.7 Å². The molecule has 5 atom stereocenters. The third-order valence-corrected chi connectivity index (χ3v) is 8.33. The van der Waals surface area contributed by atoms with E-state index in [1.807, 2.05) is 51.1 Å². The molecule has 1 unspecified atom stereocenters. The Morgan fingerprint density at radius 1 is 1.03 bits per heavy atom. The van der Waals surface area contributed by atoms with E-state index in [4.69, 9.17) is 0 Å². The molecule has 3 N–H and O–H groups in total. The topological polar surface area (TPSA) is 90.5 Å². The fourth-order valence-corrected chi connectivity index (χ4v) is 6.03. The monoisotopic (exact) mass is 520 g/mol. The van der Waals surface area contributed by atoms with Crippen LogP contribution in [0.2, 0.25) is 0 Å². The molecule has 0 bridgehead atoms. The van der Waals surface area contributed by atoms with E-state index in [-0.39, 0.29) is 29.8 Å². The number of likely N-dealkylation sites (N-methyl/N-ethyl adjacent to an activating group) is 1. The summed E-state index contributed by atoms with van der Waals surface area (Å²) in [5, 5.41) is 9.27. The summed E-state index contributed by atoms with van der Waals surface area (Å²) in [5.41, 5.74) is 3.18. The van der Waals surface area contributed by atoms with E-state index >= 15 is 0 Å². The molecule has 7 heteroatoms. The van der Waals surface area contributed by atoms with Crippen LogP contribution in [0, 0.1) is 5.41 Å². The summed E-state index contributed by atoms with van der Waals surface area (Å²) < 4.78 is 0. The van der Waals surface area contributed by atoms with Crippen molar-refractivity contribution in [2.75, 3.05) is 7.05 Å². The van der Waals surface area contributed by atoms with Gasteiger partial charge in [-0.1, -0.05) is 68.8 Å². The second-order valence-corrected chi connectivity index (χ2v) is 12.0. The van der Waals surface area contributed by atoms with Crippen molar-refractivity contribution in [3.05, 3.63) is 59.2 Å². The maximum atomic E-state index is 14.3. The standard InChI is InChI=1S/C31H44N4O3/c1-20(32-5)28(36)34-27(31(2,3)4)30(38)35-25(22-13-7-6-8-14-22)18-19-26(35)29(37)33-24-17-11-15-21-12-9-10-16-23(21)24/h6-8,10,13-14,16,20,24-27,32H,9,11-12,15,17-19H2,1-5H3,(H,33,37)(H,34,36)/t20-,24+,25-,26-,27?/m0/s1. The Morgan fingerprint density at radius 2 is 1.76 bits per heavy atom. The average Bonchev–Trinajstić information content (AvgIpc) is 3.36. The first-order valence-electron chi connectivity index (χ1n) is 14.2. The number of nitrogens with one attached hydrogen (secondary N) is 3. The highest BCUT2D eigenvalue weighted by Crippen LogP contribution is 2.39. The Balaban J connectivity index is 1.63. The highest BCUT2D eigenvalue weighted by molar-refractivity contribution is 5.94. The lowest BCUT2D eigenvalue weighted by molar-refractivity contribution is -0.146. The van der Waals surface area contributed by atoms with E-state index in [1.54, 1.807) is 18.9 Å². The maximum Gasteiger partial charge on any atom is 0.246 e. The van der Waals surface area contributed by atoms with Gasteiger partial charge in [-0.3, -0.25) is 14.4 Å². The van der Waals surface area contributed by atoms with Crippen molar-refractivity contribution >= 4 is 17.7 Å². The lowest BCUT2D eigenvalue weighted by atomic mass is 9.82. The van der Waals surface area contributed by atoms with E-state index in [2.05, 4.69) is 28.1 Å². The molecule has 1 aromatic carbocycles. The molecule has 2 aliphatic carbocycles. The molecule has 1 heterocycles. The lowest BCUT2D eigenvalue weighted by Crippen LogP contribution is -2.60. The smallest absolute Gasteiger partial charge is 0.246 e. The number of hydrogen-bond donors (Lipinski definition) is 3. The molecule has 1 aromatic rings. The lowest BCUT2D eigenvalue weighted by Gasteiger charge is -2.39. The third kappa shape index (κ3) is 6.04. The molecule has 3 aliphatic rings. The number of benzene rings is 1. The van der Waals surface area contributed by atoms with Gasteiger partial charge in [-0.05, 0) is 75.5 Å². The minimum atomic E-state index is -0.768. The van der Waals surface area contributed by atoms with Crippen LogP contribution in [0.1, 0.15) is 84.2 Å². The van der Waals surface area contributed by atoms with Gasteiger partial charge < -0.3 is 20.9 Å². The van der Waals surface area contributed by atoms with E-state index in [9.17, 15) is 14.4 Å². The summed E-state index contributed by atoms with van der Waals surface area (Å²) in [6.07, 6.45) is 10.9. The second kappa shape index (κ2) is 11.9. The Bertz CT molecular complexity index is 1090. The number of nitrogens with zero attached hydrogens (tertiary/aromatic N) is 1. The zero-order chi connectivity index (χ0) is 27.4. The molecular weight excluding hydrogens is 476 g/mol. The van der Waals surface area contributed by atoms with Crippen LogP contribution in [0.3, 0.4) is 0 Å². The van der Waals surface area contributed by atoms with Gasteiger partial charge in [-0.15, -0.1) is 0 Å². The van der Waals surface area contributed by atoms with Gasteiger partial charge in [0.05, 0.1) is 18.1 Å². The van der Waals surface area contributed by atoms with Crippen molar-refractivity contribution in [3.63, 3.8) is 0 Å². The van der Waals surface area contributed by atoms with E-state index in [1.165, 1.54) is 11.1 Å². The summed E-state index contributed by atoms with van der Waals surface area (Å²) in [6.45, 7) is 7.63. The molecule has 7 nitrogen and oxygen atoms in total. The van der Waals surface area contributed by atoms with Crippen molar-refractivity contribution in [1.82, 2.24) is 20.9 Å². The van der Waals surface area contributed by atoms with Crippen LogP contribution < -0.4 is 16.0 Å². The van der Waals surface area contributed by atoms with Crippen LogP contribution in [-0.4, -0.2) is 53.8 Å². The van der Waals surface area contributed by atoms with Crippen molar-refractivity contribution in [2.45, 2.75) is 103 Å². The number of allylic oxidation sites excluding steroid dienone is 2. The normalized spacial score (nSPS) is 25.0. The van der Waals surface area contributed by atoms with Gasteiger partial charge in [-0.25, -0.2) is 0 Å². The maximum absolute atomic E-state index is 14.3. The highest BCUT2D eigenvalue weighted by Gasteiger charge is 2.47. The number of amides is 3. The van der Waals surface area contributed by atoms with Crippen LogP contribution in [-0.2, 0) is 14.4 Å². The van der Waals surface area contributed by atoms with Crippen LogP contribution >= 0.6 is 0 Å². The van der Waals surface area contributed by atoms with Crippen molar-refractivity contribution in [3.8, 4) is 0 Å². The van der Waals surface area contributed by atoms with Crippen LogP contribution in [0.4, 0.5) is 0 Å². The Hall–Kier alpha value is -2.93. The predicted molar refractivity (Wildman–Crippen MR) is 150 cm³/mol.